The van der Waals surface area contributed by atoms with Crippen LogP contribution in [0.1, 0.15) is 50.5 Å². The molecule has 1 fully saturated rings. The van der Waals surface area contributed by atoms with Crippen LogP contribution in [-0.4, -0.2) is 81.8 Å². The zero-order valence-electron chi connectivity index (χ0n) is 22.4. The molecule has 0 aliphatic carbocycles. The van der Waals surface area contributed by atoms with Crippen LogP contribution in [0, 0.1) is 0 Å². The van der Waals surface area contributed by atoms with Crippen molar-refractivity contribution in [1.82, 2.24) is 20.5 Å². The predicted molar refractivity (Wildman–Crippen MR) is 148 cm³/mol. The first kappa shape index (κ1) is 30.6. The number of carboxylic acid groups (broad SMARTS) is 1. The van der Waals surface area contributed by atoms with Gasteiger partial charge in [0.2, 0.25) is 23.6 Å². The maximum absolute atomic E-state index is 13.6. The lowest BCUT2D eigenvalue weighted by Crippen LogP contribution is -2.57. The number of hydrogen-bond acceptors (Lipinski definition) is 7. The van der Waals surface area contributed by atoms with E-state index in [1.807, 2.05) is 30.5 Å². The molecule has 0 saturated carbocycles. The zero-order chi connectivity index (χ0) is 29.2. The molecule has 3 rings (SSSR count). The third-order valence-electron chi connectivity index (χ3n) is 7.15. The molecule has 2 aromatic rings. The topological polar surface area (TPSA) is 227 Å². The van der Waals surface area contributed by atoms with E-state index < -0.39 is 53.8 Å². The van der Waals surface area contributed by atoms with E-state index in [9.17, 15) is 29.1 Å². The number of aromatic nitrogens is 1. The van der Waals surface area contributed by atoms with Gasteiger partial charge in [-0.1, -0.05) is 18.2 Å². The summed E-state index contributed by atoms with van der Waals surface area (Å²) in [6, 6.07) is 3.60. The normalized spacial score (nSPS) is 17.2. The van der Waals surface area contributed by atoms with Gasteiger partial charge in [0.05, 0.1) is 6.04 Å². The SMILES string of the molecule is NCCCCC(NC(=O)C(N)Cc1c[nH]c2ccccc12)C(=O)N1CCCC1C(=O)NC(CCC(N)=O)C(=O)O. The molecule has 218 valence electrons. The number of aromatic amines is 1. The Labute approximate surface area is 232 Å². The molecule has 0 spiro atoms. The van der Waals surface area contributed by atoms with E-state index >= 15 is 0 Å². The molecule has 4 atom stereocenters. The molecule has 0 radical (unpaired) electrons. The van der Waals surface area contributed by atoms with E-state index in [-0.39, 0.29) is 25.8 Å². The Morgan fingerprint density at radius 2 is 1.82 bits per heavy atom. The van der Waals surface area contributed by atoms with Gasteiger partial charge < -0.3 is 42.8 Å². The van der Waals surface area contributed by atoms with Crippen molar-refractivity contribution in [3.05, 3.63) is 36.0 Å². The molecule has 40 heavy (non-hydrogen) atoms. The largest absolute Gasteiger partial charge is 0.480 e. The zero-order valence-corrected chi connectivity index (χ0v) is 22.4. The number of nitrogens with zero attached hydrogens (tertiary/aromatic N) is 1. The smallest absolute Gasteiger partial charge is 0.326 e. The molecule has 0 bridgehead atoms. The minimum absolute atomic E-state index is 0.164. The Balaban J connectivity index is 1.68. The molecule has 13 heteroatoms. The molecule has 4 unspecified atom stereocenters. The monoisotopic (exact) mass is 557 g/mol. The summed E-state index contributed by atoms with van der Waals surface area (Å²) in [7, 11) is 0. The number of unbranched alkanes of at least 4 members (excludes halogenated alkanes) is 1. The van der Waals surface area contributed by atoms with E-state index in [1.165, 1.54) is 4.90 Å². The van der Waals surface area contributed by atoms with Crippen molar-refractivity contribution in [2.45, 2.75) is 75.5 Å². The number of carboxylic acids is 1. The van der Waals surface area contributed by atoms with Gasteiger partial charge >= 0.3 is 5.97 Å². The number of hydrogen-bond donors (Lipinski definition) is 7. The third kappa shape index (κ3) is 8.02. The standard InChI is InChI=1S/C27H39N7O6/c28-12-4-3-8-20(32-24(36)18(29)14-16-15-31-19-7-2-1-6-17(16)19)26(38)34-13-5-9-22(34)25(37)33-21(27(39)40)10-11-23(30)35/h1-2,6-7,15,18,20-22,31H,3-5,8-14,28-29H2,(H2,30,35)(H,32,36)(H,33,37)(H,39,40). The van der Waals surface area contributed by atoms with Crippen LogP contribution in [-0.2, 0) is 30.4 Å². The average molecular weight is 558 g/mol. The fourth-order valence-electron chi connectivity index (χ4n) is 4.97. The second-order valence-corrected chi connectivity index (χ2v) is 10.1. The number of benzene rings is 1. The van der Waals surface area contributed by atoms with Crippen molar-refractivity contribution in [3.8, 4) is 0 Å². The second kappa shape index (κ2) is 14.4. The Morgan fingerprint density at radius 3 is 2.52 bits per heavy atom. The molecule has 10 N–H and O–H groups in total. The number of likely N-dealkylation sites (tertiary alicyclic amines) is 1. The Bertz CT molecular complexity index is 1210. The minimum Gasteiger partial charge on any atom is -0.480 e. The summed E-state index contributed by atoms with van der Waals surface area (Å²) in [6.45, 7) is 0.701. The Kier molecular flexibility index (Phi) is 11.0. The third-order valence-corrected chi connectivity index (χ3v) is 7.15. The summed E-state index contributed by atoms with van der Waals surface area (Å²) in [5.41, 5.74) is 18.8. The maximum atomic E-state index is 13.6. The molecule has 1 aliphatic rings. The highest BCUT2D eigenvalue weighted by Crippen LogP contribution is 2.21. The Hall–Kier alpha value is -3.97. The number of carbonyl (C=O) groups excluding carboxylic acids is 4. The molecular formula is C27H39N7O6. The molecule has 1 aliphatic heterocycles. The summed E-state index contributed by atoms with van der Waals surface area (Å²) in [6.07, 6.45) is 4.09. The van der Waals surface area contributed by atoms with E-state index in [4.69, 9.17) is 17.2 Å². The molecule has 1 aromatic heterocycles. The van der Waals surface area contributed by atoms with Crippen molar-refractivity contribution >= 4 is 40.5 Å². The van der Waals surface area contributed by atoms with Crippen molar-refractivity contribution in [1.29, 1.82) is 0 Å². The van der Waals surface area contributed by atoms with E-state index in [0.717, 1.165) is 16.5 Å². The number of nitrogens with two attached hydrogens (primary N) is 3. The van der Waals surface area contributed by atoms with Gasteiger partial charge in [0.25, 0.3) is 0 Å². The van der Waals surface area contributed by atoms with Crippen LogP contribution in [0.25, 0.3) is 10.9 Å². The van der Waals surface area contributed by atoms with Gasteiger partial charge in [0, 0.05) is 30.1 Å². The molecule has 13 nitrogen and oxygen atoms in total. The molecule has 1 aromatic carbocycles. The van der Waals surface area contributed by atoms with Crippen LogP contribution in [0.3, 0.4) is 0 Å². The van der Waals surface area contributed by atoms with Crippen LogP contribution in [0.4, 0.5) is 0 Å². The number of para-hydroxylation sites is 1. The van der Waals surface area contributed by atoms with E-state index in [0.29, 0.717) is 38.6 Å². The van der Waals surface area contributed by atoms with Crippen molar-refractivity contribution in [3.63, 3.8) is 0 Å². The number of H-pyrrole nitrogens is 1. The van der Waals surface area contributed by atoms with E-state index in [2.05, 4.69) is 15.6 Å². The van der Waals surface area contributed by atoms with Gasteiger partial charge in [-0.3, -0.25) is 19.2 Å². The summed E-state index contributed by atoms with van der Waals surface area (Å²) in [5.74, 6) is -3.55. The van der Waals surface area contributed by atoms with Gasteiger partial charge in [0.15, 0.2) is 0 Å². The minimum atomic E-state index is -1.32. The molecule has 2 heterocycles. The number of nitrogens with one attached hydrogen (secondary N) is 3. The number of amides is 4. The summed E-state index contributed by atoms with van der Waals surface area (Å²) >= 11 is 0. The molecule has 4 amide bonds. The van der Waals surface area contributed by atoms with Gasteiger partial charge in [-0.15, -0.1) is 0 Å². The quantitative estimate of drug-likeness (QED) is 0.141. The average Bonchev–Trinajstić information content (AvgIpc) is 3.57. The van der Waals surface area contributed by atoms with Crippen molar-refractivity contribution in [2.24, 2.45) is 17.2 Å². The van der Waals surface area contributed by atoms with Crippen LogP contribution in [0.5, 0.6) is 0 Å². The van der Waals surface area contributed by atoms with Crippen LogP contribution >= 0.6 is 0 Å². The van der Waals surface area contributed by atoms with Crippen LogP contribution in [0.2, 0.25) is 0 Å². The molecular weight excluding hydrogens is 518 g/mol. The first-order valence-corrected chi connectivity index (χ1v) is 13.5. The second-order valence-electron chi connectivity index (χ2n) is 10.1. The van der Waals surface area contributed by atoms with Crippen LogP contribution < -0.4 is 27.8 Å². The van der Waals surface area contributed by atoms with Crippen molar-refractivity contribution in [2.75, 3.05) is 13.1 Å². The lowest BCUT2D eigenvalue weighted by Gasteiger charge is -2.30. The number of rotatable bonds is 15. The number of aliphatic carboxylic acids is 1. The van der Waals surface area contributed by atoms with Gasteiger partial charge in [0.1, 0.15) is 18.1 Å². The highest BCUT2D eigenvalue weighted by Gasteiger charge is 2.39. The lowest BCUT2D eigenvalue weighted by atomic mass is 10.0. The number of carbonyl (C=O) groups is 5. The van der Waals surface area contributed by atoms with Gasteiger partial charge in [-0.05, 0) is 63.1 Å². The fraction of sp³-hybridized carbons (Fsp3) is 0.519. The number of primary amides is 1. The summed E-state index contributed by atoms with van der Waals surface area (Å²) in [5, 5.41) is 15.6. The van der Waals surface area contributed by atoms with Gasteiger partial charge in [-0.25, -0.2) is 4.79 Å². The summed E-state index contributed by atoms with van der Waals surface area (Å²) < 4.78 is 0. The highest BCUT2D eigenvalue weighted by molar-refractivity contribution is 5.95. The molecule has 1 saturated heterocycles. The number of fused-ring (bicyclic) bond motifs is 1. The van der Waals surface area contributed by atoms with E-state index in [1.54, 1.807) is 0 Å². The summed E-state index contributed by atoms with van der Waals surface area (Å²) in [4.78, 5) is 66.9. The highest BCUT2D eigenvalue weighted by atomic mass is 16.4. The van der Waals surface area contributed by atoms with Crippen LogP contribution in [0.15, 0.2) is 30.5 Å². The maximum Gasteiger partial charge on any atom is 0.326 e. The lowest BCUT2D eigenvalue weighted by molar-refractivity contribution is -0.145. The first-order chi connectivity index (χ1) is 19.1. The van der Waals surface area contributed by atoms with Crippen molar-refractivity contribution < 1.29 is 29.1 Å². The fourth-order valence-corrected chi connectivity index (χ4v) is 4.97. The first-order valence-electron chi connectivity index (χ1n) is 13.5. The van der Waals surface area contributed by atoms with Gasteiger partial charge in [-0.2, -0.15) is 0 Å². The predicted octanol–water partition coefficient (Wildman–Crippen LogP) is -0.523. The Morgan fingerprint density at radius 1 is 1.07 bits per heavy atom.